The number of ether oxygens (including phenoxy) is 1. The summed E-state index contributed by atoms with van der Waals surface area (Å²) in [5, 5.41) is 0. The van der Waals surface area contributed by atoms with E-state index < -0.39 is 0 Å². The van der Waals surface area contributed by atoms with Crippen LogP contribution < -0.4 is 0 Å². The third-order valence-corrected chi connectivity index (χ3v) is 4.69. The van der Waals surface area contributed by atoms with Crippen LogP contribution in [-0.4, -0.2) is 19.0 Å². The standard InChI is InChI=1S/C23H30O2/c1-3-20-13-15-22(16-14-20)10-7-17-25-18-23(24)19(2)11-12-21-8-5-4-6-9-21/h4-6,8-9,13-16,19H,3,7,10-12,17-18H2,1-2H3/t19-/m1/s1. The number of hydrogen-bond acceptors (Lipinski definition) is 2. The topological polar surface area (TPSA) is 26.3 Å². The molecule has 0 spiro atoms. The number of carbonyl (C=O) groups is 1. The molecule has 1 atom stereocenters. The van der Waals surface area contributed by atoms with E-state index in [0.29, 0.717) is 6.61 Å². The summed E-state index contributed by atoms with van der Waals surface area (Å²) in [5.74, 6) is 0.269. The van der Waals surface area contributed by atoms with E-state index in [1.807, 2.05) is 25.1 Å². The molecule has 0 radical (unpaired) electrons. The summed E-state index contributed by atoms with van der Waals surface area (Å²) >= 11 is 0. The Bertz CT molecular complexity index is 616. The molecule has 2 heteroatoms. The van der Waals surface area contributed by atoms with Crippen molar-refractivity contribution >= 4 is 5.78 Å². The molecule has 134 valence electrons. The summed E-state index contributed by atoms with van der Waals surface area (Å²) in [4.78, 5) is 12.1. The highest BCUT2D eigenvalue weighted by Crippen LogP contribution is 2.11. The lowest BCUT2D eigenvalue weighted by molar-refractivity contribution is -0.127. The van der Waals surface area contributed by atoms with Crippen molar-refractivity contribution in [1.82, 2.24) is 0 Å². The molecular weight excluding hydrogens is 308 g/mol. The fraction of sp³-hybridized carbons (Fsp3) is 0.435. The molecule has 2 rings (SSSR count). The minimum absolute atomic E-state index is 0.0572. The van der Waals surface area contributed by atoms with Crippen molar-refractivity contribution in [2.75, 3.05) is 13.2 Å². The van der Waals surface area contributed by atoms with Gasteiger partial charge in [-0.05, 0) is 48.8 Å². The van der Waals surface area contributed by atoms with Crippen LogP contribution in [0.4, 0.5) is 0 Å². The minimum atomic E-state index is 0.0572. The second-order valence-corrected chi connectivity index (χ2v) is 6.72. The van der Waals surface area contributed by atoms with E-state index in [1.54, 1.807) is 0 Å². The van der Waals surface area contributed by atoms with Crippen LogP contribution in [0.25, 0.3) is 0 Å². The van der Waals surface area contributed by atoms with Crippen LogP contribution in [0.2, 0.25) is 0 Å². The summed E-state index contributed by atoms with van der Waals surface area (Å²) in [6.07, 6.45) is 4.87. The summed E-state index contributed by atoms with van der Waals surface area (Å²) in [6.45, 7) is 5.06. The number of rotatable bonds is 11. The monoisotopic (exact) mass is 338 g/mol. The predicted molar refractivity (Wildman–Crippen MR) is 104 cm³/mol. The Morgan fingerprint density at radius 1 is 0.920 bits per heavy atom. The van der Waals surface area contributed by atoms with Gasteiger partial charge >= 0.3 is 0 Å². The number of benzene rings is 2. The normalized spacial score (nSPS) is 12.1. The van der Waals surface area contributed by atoms with Crippen molar-refractivity contribution in [3.8, 4) is 0 Å². The number of ketones is 1. The fourth-order valence-electron chi connectivity index (χ4n) is 2.82. The van der Waals surface area contributed by atoms with Crippen molar-refractivity contribution < 1.29 is 9.53 Å². The van der Waals surface area contributed by atoms with Gasteiger partial charge in [0.15, 0.2) is 5.78 Å². The van der Waals surface area contributed by atoms with Gasteiger partial charge in [0, 0.05) is 12.5 Å². The molecule has 0 saturated carbocycles. The van der Waals surface area contributed by atoms with Gasteiger partial charge in [-0.15, -0.1) is 0 Å². The Kier molecular flexibility index (Phi) is 8.41. The number of carbonyl (C=O) groups excluding carboxylic acids is 1. The zero-order valence-corrected chi connectivity index (χ0v) is 15.5. The van der Waals surface area contributed by atoms with Gasteiger partial charge in [-0.3, -0.25) is 4.79 Å². The molecule has 0 N–H and O–H groups in total. The third kappa shape index (κ3) is 7.23. The highest BCUT2D eigenvalue weighted by Gasteiger charge is 2.12. The molecule has 0 amide bonds. The van der Waals surface area contributed by atoms with Crippen molar-refractivity contribution in [2.24, 2.45) is 5.92 Å². The van der Waals surface area contributed by atoms with Gasteiger partial charge in [0.05, 0.1) is 0 Å². The highest BCUT2D eigenvalue weighted by atomic mass is 16.5. The van der Waals surface area contributed by atoms with Crippen molar-refractivity contribution in [2.45, 2.75) is 46.0 Å². The zero-order valence-electron chi connectivity index (χ0n) is 15.5. The number of aryl methyl sites for hydroxylation is 3. The SMILES string of the molecule is CCc1ccc(CCCOCC(=O)[C@H](C)CCc2ccccc2)cc1. The molecule has 0 saturated heterocycles. The molecule has 2 aromatic carbocycles. The van der Waals surface area contributed by atoms with Crippen molar-refractivity contribution in [1.29, 1.82) is 0 Å². The third-order valence-electron chi connectivity index (χ3n) is 4.69. The molecule has 0 bridgehead atoms. The van der Waals surface area contributed by atoms with Crippen molar-refractivity contribution in [3.05, 3.63) is 71.3 Å². The van der Waals surface area contributed by atoms with Crippen LogP contribution in [0, 0.1) is 5.92 Å². The van der Waals surface area contributed by atoms with Gasteiger partial charge in [-0.25, -0.2) is 0 Å². The average Bonchev–Trinajstić information content (AvgIpc) is 2.67. The molecule has 0 aliphatic heterocycles. The van der Waals surface area contributed by atoms with E-state index in [9.17, 15) is 4.79 Å². The largest absolute Gasteiger partial charge is 0.374 e. The maximum Gasteiger partial charge on any atom is 0.161 e. The first-order valence-corrected chi connectivity index (χ1v) is 9.41. The molecule has 2 nitrogen and oxygen atoms in total. The Labute approximate surface area is 152 Å². The molecule has 2 aromatic rings. The summed E-state index contributed by atoms with van der Waals surface area (Å²) in [6, 6.07) is 19.1. The van der Waals surface area contributed by atoms with Gasteiger partial charge in [0.25, 0.3) is 0 Å². The molecule has 25 heavy (non-hydrogen) atoms. The Morgan fingerprint density at radius 2 is 1.56 bits per heavy atom. The van der Waals surface area contributed by atoms with E-state index in [2.05, 4.69) is 43.3 Å². The lowest BCUT2D eigenvalue weighted by Gasteiger charge is -2.11. The Balaban J connectivity index is 1.58. The molecular formula is C23H30O2. The molecule has 0 aliphatic rings. The predicted octanol–water partition coefficient (Wildman–Crippen LogP) is 5.04. The second-order valence-electron chi connectivity index (χ2n) is 6.72. The van der Waals surface area contributed by atoms with Crippen LogP contribution >= 0.6 is 0 Å². The molecule has 0 fully saturated rings. The molecule has 0 aliphatic carbocycles. The first kappa shape index (κ1) is 19.4. The maximum absolute atomic E-state index is 12.1. The quantitative estimate of drug-likeness (QED) is 0.537. The van der Waals surface area contributed by atoms with E-state index in [0.717, 1.165) is 32.1 Å². The zero-order chi connectivity index (χ0) is 17.9. The van der Waals surface area contributed by atoms with E-state index in [-0.39, 0.29) is 18.3 Å². The Morgan fingerprint density at radius 3 is 2.24 bits per heavy atom. The number of Topliss-reactive ketones (excluding diaryl/α,β-unsaturated/α-hetero) is 1. The molecule has 0 unspecified atom stereocenters. The van der Waals surface area contributed by atoms with E-state index in [1.165, 1.54) is 16.7 Å². The highest BCUT2D eigenvalue weighted by molar-refractivity contribution is 5.81. The van der Waals surface area contributed by atoms with Crippen LogP contribution in [0.3, 0.4) is 0 Å². The van der Waals surface area contributed by atoms with Gasteiger partial charge in [-0.1, -0.05) is 68.4 Å². The summed E-state index contributed by atoms with van der Waals surface area (Å²) in [7, 11) is 0. The van der Waals surface area contributed by atoms with Crippen LogP contribution in [0.5, 0.6) is 0 Å². The van der Waals surface area contributed by atoms with Gasteiger partial charge < -0.3 is 4.74 Å². The van der Waals surface area contributed by atoms with Gasteiger partial charge in [-0.2, -0.15) is 0 Å². The maximum atomic E-state index is 12.1. The molecule has 0 heterocycles. The van der Waals surface area contributed by atoms with Crippen LogP contribution in [-0.2, 0) is 28.8 Å². The van der Waals surface area contributed by atoms with Crippen LogP contribution in [0.15, 0.2) is 54.6 Å². The average molecular weight is 338 g/mol. The van der Waals surface area contributed by atoms with E-state index in [4.69, 9.17) is 4.74 Å². The first-order valence-electron chi connectivity index (χ1n) is 9.41. The van der Waals surface area contributed by atoms with E-state index >= 15 is 0 Å². The Hall–Kier alpha value is -1.93. The van der Waals surface area contributed by atoms with Gasteiger partial charge in [0.2, 0.25) is 0 Å². The summed E-state index contributed by atoms with van der Waals surface area (Å²) < 4.78 is 5.59. The first-order chi connectivity index (χ1) is 12.2. The summed E-state index contributed by atoms with van der Waals surface area (Å²) in [5.41, 5.74) is 4.00. The number of hydrogen-bond donors (Lipinski definition) is 0. The van der Waals surface area contributed by atoms with Crippen molar-refractivity contribution in [3.63, 3.8) is 0 Å². The molecule has 0 aromatic heterocycles. The fourth-order valence-corrected chi connectivity index (χ4v) is 2.82. The second kappa shape index (κ2) is 10.8. The van der Waals surface area contributed by atoms with Crippen LogP contribution in [0.1, 0.15) is 43.4 Å². The lowest BCUT2D eigenvalue weighted by atomic mass is 9.98. The minimum Gasteiger partial charge on any atom is -0.374 e. The smallest absolute Gasteiger partial charge is 0.161 e. The van der Waals surface area contributed by atoms with Gasteiger partial charge in [0.1, 0.15) is 6.61 Å². The lowest BCUT2D eigenvalue weighted by Crippen LogP contribution is -2.18.